The van der Waals surface area contributed by atoms with Gasteiger partial charge in [0.15, 0.2) is 0 Å². The molecule has 0 aliphatic heterocycles. The molecule has 0 spiro atoms. The van der Waals surface area contributed by atoms with Gasteiger partial charge in [0.05, 0.1) is 24.8 Å². The lowest BCUT2D eigenvalue weighted by Gasteiger charge is -2.23. The molecule has 2 rings (SSSR count). The Balaban J connectivity index is 2.15. The lowest BCUT2D eigenvalue weighted by molar-refractivity contribution is -0.119. The van der Waals surface area contributed by atoms with E-state index in [1.54, 1.807) is 38.3 Å². The fraction of sp³-hybridized carbons (Fsp3) is 0.300. The molecule has 0 saturated heterocycles. The van der Waals surface area contributed by atoms with Gasteiger partial charge in [-0.3, -0.25) is 9.10 Å². The van der Waals surface area contributed by atoms with Gasteiger partial charge in [-0.05, 0) is 54.8 Å². The van der Waals surface area contributed by atoms with Crippen LogP contribution in [0.3, 0.4) is 0 Å². The molecule has 1 amide bonds. The molecule has 0 atom stereocenters. The molecule has 150 valence electrons. The van der Waals surface area contributed by atoms with E-state index in [1.165, 1.54) is 0 Å². The van der Waals surface area contributed by atoms with Gasteiger partial charge in [-0.25, -0.2) is 13.8 Å². The number of amides is 1. The number of anilines is 1. The zero-order valence-corrected chi connectivity index (χ0v) is 17.3. The van der Waals surface area contributed by atoms with E-state index in [0.29, 0.717) is 17.8 Å². The summed E-state index contributed by atoms with van der Waals surface area (Å²) in [5, 5.41) is 4.08. The quantitative estimate of drug-likeness (QED) is 0.542. The molecule has 0 aliphatic carbocycles. The molecule has 7 nitrogen and oxygen atoms in total. The van der Waals surface area contributed by atoms with Crippen molar-refractivity contribution in [3.63, 3.8) is 0 Å². The van der Waals surface area contributed by atoms with Crippen molar-refractivity contribution in [2.75, 3.05) is 24.2 Å². The Hall–Kier alpha value is -2.87. The van der Waals surface area contributed by atoms with Crippen molar-refractivity contribution in [2.45, 2.75) is 20.3 Å². The zero-order chi connectivity index (χ0) is 20.7. The van der Waals surface area contributed by atoms with E-state index in [-0.39, 0.29) is 6.54 Å². The number of ether oxygens (including phenoxy) is 1. The van der Waals surface area contributed by atoms with E-state index in [4.69, 9.17) is 4.74 Å². The predicted octanol–water partition coefficient (Wildman–Crippen LogP) is 2.56. The van der Waals surface area contributed by atoms with Gasteiger partial charge in [-0.2, -0.15) is 5.10 Å². The fourth-order valence-electron chi connectivity index (χ4n) is 2.64. The Morgan fingerprint density at radius 1 is 1.14 bits per heavy atom. The highest BCUT2D eigenvalue weighted by Gasteiger charge is 2.22. The summed E-state index contributed by atoms with van der Waals surface area (Å²) < 4.78 is 30.7. The number of sulfonamides is 1. The number of carbonyl (C=O) groups excluding carboxylic acids is 1. The number of para-hydroxylation sites is 1. The second-order valence-electron chi connectivity index (χ2n) is 6.21. The van der Waals surface area contributed by atoms with E-state index in [0.717, 1.165) is 27.4 Å². The summed E-state index contributed by atoms with van der Waals surface area (Å²) in [6.07, 6.45) is 1.73. The Bertz CT molecular complexity index is 954. The van der Waals surface area contributed by atoms with Crippen LogP contribution in [0.5, 0.6) is 5.75 Å². The molecule has 0 bridgehead atoms. The monoisotopic (exact) mass is 403 g/mol. The number of nitrogens with zero attached hydrogens (tertiary/aromatic N) is 2. The van der Waals surface area contributed by atoms with Gasteiger partial charge >= 0.3 is 0 Å². The maximum Gasteiger partial charge on any atom is 0.260 e. The summed E-state index contributed by atoms with van der Waals surface area (Å²) in [5.74, 6) is 0.197. The van der Waals surface area contributed by atoms with E-state index in [9.17, 15) is 13.2 Å². The summed E-state index contributed by atoms with van der Waals surface area (Å²) in [4.78, 5) is 12.4. The Labute approximate surface area is 166 Å². The van der Waals surface area contributed by atoms with Gasteiger partial charge in [-0.15, -0.1) is 0 Å². The maximum absolute atomic E-state index is 12.4. The van der Waals surface area contributed by atoms with Crippen molar-refractivity contribution in [2.24, 2.45) is 5.10 Å². The summed E-state index contributed by atoms with van der Waals surface area (Å²) in [5.41, 5.74) is 5.19. The number of hydrogen-bond donors (Lipinski definition) is 1. The summed E-state index contributed by atoms with van der Waals surface area (Å²) in [7, 11) is -2.05. The highest BCUT2D eigenvalue weighted by Crippen LogP contribution is 2.23. The van der Waals surface area contributed by atoms with Crippen LogP contribution in [-0.4, -0.2) is 39.9 Å². The number of hydrazone groups is 1. The number of rotatable bonds is 8. The van der Waals surface area contributed by atoms with E-state index in [1.807, 2.05) is 31.2 Å². The van der Waals surface area contributed by atoms with Crippen molar-refractivity contribution >= 4 is 27.3 Å². The van der Waals surface area contributed by atoms with Gasteiger partial charge in [0.1, 0.15) is 12.3 Å². The number of benzene rings is 2. The van der Waals surface area contributed by atoms with Crippen LogP contribution in [0.25, 0.3) is 0 Å². The van der Waals surface area contributed by atoms with Crippen molar-refractivity contribution in [3.05, 3.63) is 59.7 Å². The topological polar surface area (TPSA) is 88.1 Å². The van der Waals surface area contributed by atoms with Gasteiger partial charge in [-0.1, -0.05) is 25.1 Å². The maximum atomic E-state index is 12.4. The lowest BCUT2D eigenvalue weighted by atomic mass is 10.1. The van der Waals surface area contributed by atoms with Gasteiger partial charge < -0.3 is 4.74 Å². The van der Waals surface area contributed by atoms with Gasteiger partial charge in [0.2, 0.25) is 10.0 Å². The van der Waals surface area contributed by atoms with Gasteiger partial charge in [0, 0.05) is 0 Å². The highest BCUT2D eigenvalue weighted by molar-refractivity contribution is 7.92. The summed E-state index contributed by atoms with van der Waals surface area (Å²) >= 11 is 0. The van der Waals surface area contributed by atoms with Crippen LogP contribution >= 0.6 is 0 Å². The van der Waals surface area contributed by atoms with Crippen LogP contribution in [0, 0.1) is 0 Å². The molecule has 1 N–H and O–H groups in total. The van der Waals surface area contributed by atoms with E-state index in [2.05, 4.69) is 10.5 Å². The van der Waals surface area contributed by atoms with Crippen LogP contribution in [0.4, 0.5) is 5.69 Å². The van der Waals surface area contributed by atoms with Crippen LogP contribution in [0.2, 0.25) is 0 Å². The molecule has 8 heteroatoms. The summed E-state index contributed by atoms with van der Waals surface area (Å²) in [6, 6.07) is 14.4. The van der Waals surface area contributed by atoms with Gasteiger partial charge in [0.25, 0.3) is 5.91 Å². The van der Waals surface area contributed by atoms with Crippen molar-refractivity contribution in [1.82, 2.24) is 5.43 Å². The standard InChI is InChI=1S/C20H25N3O4S/c1-5-16-8-6-7-9-19(16)23(28(4,25)26)14-20(24)22-21-15(2)17-10-12-18(27-3)13-11-17/h6-13H,5,14H2,1-4H3,(H,22,24)/b21-15-. The average Bonchev–Trinajstić information content (AvgIpc) is 2.69. The number of nitrogens with one attached hydrogen (secondary N) is 1. The normalized spacial score (nSPS) is 11.8. The first-order valence-corrected chi connectivity index (χ1v) is 10.6. The molecular weight excluding hydrogens is 378 g/mol. The Morgan fingerprint density at radius 3 is 2.36 bits per heavy atom. The molecule has 0 radical (unpaired) electrons. The predicted molar refractivity (Wildman–Crippen MR) is 111 cm³/mol. The van der Waals surface area contributed by atoms with Crippen LogP contribution in [-0.2, 0) is 21.2 Å². The van der Waals surface area contributed by atoms with Crippen molar-refractivity contribution in [3.8, 4) is 5.75 Å². The van der Waals surface area contributed by atoms with Crippen LogP contribution in [0.1, 0.15) is 25.0 Å². The molecule has 0 aromatic heterocycles. The SMILES string of the molecule is CCc1ccccc1N(CC(=O)N/N=C(/C)c1ccc(OC)cc1)S(C)(=O)=O. The smallest absolute Gasteiger partial charge is 0.260 e. The minimum atomic E-state index is -3.63. The Morgan fingerprint density at radius 2 is 1.79 bits per heavy atom. The highest BCUT2D eigenvalue weighted by atomic mass is 32.2. The molecule has 0 unspecified atom stereocenters. The molecular formula is C20H25N3O4S. The molecule has 0 heterocycles. The lowest BCUT2D eigenvalue weighted by Crippen LogP contribution is -2.39. The number of hydrogen-bond acceptors (Lipinski definition) is 5. The second-order valence-corrected chi connectivity index (χ2v) is 8.12. The first-order valence-electron chi connectivity index (χ1n) is 8.79. The van der Waals surface area contributed by atoms with E-state index >= 15 is 0 Å². The first kappa shape index (κ1) is 21.4. The molecule has 2 aromatic carbocycles. The minimum Gasteiger partial charge on any atom is -0.497 e. The average molecular weight is 404 g/mol. The van der Waals surface area contributed by atoms with Crippen molar-refractivity contribution in [1.29, 1.82) is 0 Å². The van der Waals surface area contributed by atoms with E-state index < -0.39 is 15.9 Å². The van der Waals surface area contributed by atoms with Crippen LogP contribution in [0.15, 0.2) is 53.6 Å². The minimum absolute atomic E-state index is 0.352. The molecule has 0 fully saturated rings. The Kier molecular flexibility index (Phi) is 7.17. The third kappa shape index (κ3) is 5.56. The second kappa shape index (κ2) is 9.36. The van der Waals surface area contributed by atoms with Crippen LogP contribution < -0.4 is 14.5 Å². The molecule has 28 heavy (non-hydrogen) atoms. The molecule has 0 aliphatic rings. The number of aryl methyl sites for hydroxylation is 1. The summed E-state index contributed by atoms with van der Waals surface area (Å²) in [6.45, 7) is 3.33. The first-order chi connectivity index (χ1) is 13.3. The molecule has 0 saturated carbocycles. The number of methoxy groups -OCH3 is 1. The zero-order valence-electron chi connectivity index (χ0n) is 16.5. The third-order valence-corrected chi connectivity index (χ3v) is 5.31. The molecule has 2 aromatic rings. The number of carbonyl (C=O) groups is 1. The fourth-order valence-corrected chi connectivity index (χ4v) is 3.53. The van der Waals surface area contributed by atoms with Crippen molar-refractivity contribution < 1.29 is 17.9 Å². The largest absolute Gasteiger partial charge is 0.497 e. The third-order valence-electron chi connectivity index (χ3n) is 4.18.